The number of aromatic nitrogens is 3. The molecule has 0 saturated carbocycles. The molecule has 2 fully saturated rings. The first-order valence-corrected chi connectivity index (χ1v) is 15.6. The number of nitrogens with zero attached hydrogens (tertiary/aromatic N) is 5. The van der Waals surface area contributed by atoms with Crippen molar-refractivity contribution < 1.29 is 4.74 Å². The summed E-state index contributed by atoms with van der Waals surface area (Å²) in [6.45, 7) is 27.4. The Balaban J connectivity index is 2.08. The Bertz CT molecular complexity index is 829. The van der Waals surface area contributed by atoms with Gasteiger partial charge in [-0.15, -0.1) is 0 Å². The summed E-state index contributed by atoms with van der Waals surface area (Å²) < 4.78 is 5.99. The molecule has 8 heteroatoms. The van der Waals surface area contributed by atoms with Gasteiger partial charge in [-0.25, -0.2) is 0 Å². The smallest absolute Gasteiger partial charge is 0.323 e. The number of unbranched alkanes of at least 4 members (excludes halogenated alkanes) is 2. The molecular formula is C31H59N7O. The van der Waals surface area contributed by atoms with Gasteiger partial charge in [0.05, 0.1) is 6.61 Å². The average Bonchev–Trinajstić information content (AvgIpc) is 2.76. The summed E-state index contributed by atoms with van der Waals surface area (Å²) in [7, 11) is 0. The molecular weight excluding hydrogens is 486 g/mol. The Hall–Kier alpha value is -1.67. The molecule has 2 aliphatic rings. The summed E-state index contributed by atoms with van der Waals surface area (Å²) in [5, 5.41) is 7.70. The number of piperidine rings is 2. The molecule has 2 aliphatic heterocycles. The number of nitrogens with one attached hydrogen (secondary N) is 2. The van der Waals surface area contributed by atoms with Gasteiger partial charge in [0, 0.05) is 47.3 Å². The quantitative estimate of drug-likeness (QED) is 0.326. The van der Waals surface area contributed by atoms with E-state index in [2.05, 4.69) is 89.7 Å². The molecule has 3 rings (SSSR count). The lowest BCUT2D eigenvalue weighted by Crippen LogP contribution is -2.63. The van der Waals surface area contributed by atoms with Crippen LogP contribution in [0.15, 0.2) is 0 Å². The van der Waals surface area contributed by atoms with Gasteiger partial charge in [0.25, 0.3) is 0 Å². The van der Waals surface area contributed by atoms with Gasteiger partial charge >= 0.3 is 6.01 Å². The maximum Gasteiger partial charge on any atom is 0.323 e. The lowest BCUT2D eigenvalue weighted by Gasteiger charge is -2.50. The molecule has 3 heterocycles. The van der Waals surface area contributed by atoms with Gasteiger partial charge in [-0.1, -0.05) is 26.7 Å². The normalized spacial score (nSPS) is 22.4. The van der Waals surface area contributed by atoms with Crippen molar-refractivity contribution in [2.45, 2.75) is 162 Å². The minimum atomic E-state index is 0.0366. The number of hydrogen-bond acceptors (Lipinski definition) is 8. The van der Waals surface area contributed by atoms with E-state index < -0.39 is 0 Å². The molecule has 39 heavy (non-hydrogen) atoms. The average molecular weight is 546 g/mol. The van der Waals surface area contributed by atoms with Gasteiger partial charge in [0.2, 0.25) is 11.9 Å². The minimum absolute atomic E-state index is 0.0366. The first-order valence-electron chi connectivity index (χ1n) is 15.6. The predicted octanol–water partition coefficient (Wildman–Crippen LogP) is 6.10. The number of rotatable bonds is 12. The molecule has 224 valence electrons. The SMILES string of the molecule is CCCCN(c1nc(OCC)nc(N(CCCC)C2CC(C)(C)NC(C)(C)C2)n1)C1CC(C)(C)NC(C)(C)C1. The van der Waals surface area contributed by atoms with Crippen LogP contribution in [0.25, 0.3) is 0 Å². The molecule has 2 N–H and O–H groups in total. The van der Waals surface area contributed by atoms with E-state index >= 15 is 0 Å². The van der Waals surface area contributed by atoms with Crippen molar-refractivity contribution in [3.8, 4) is 6.01 Å². The van der Waals surface area contributed by atoms with Crippen LogP contribution in [0, 0.1) is 0 Å². The Morgan fingerprint density at radius 2 is 1.00 bits per heavy atom. The molecule has 0 aliphatic carbocycles. The zero-order chi connectivity index (χ0) is 29.1. The van der Waals surface area contributed by atoms with Gasteiger partial charge in [-0.05, 0) is 101 Å². The van der Waals surface area contributed by atoms with Crippen molar-refractivity contribution >= 4 is 11.9 Å². The molecule has 0 aromatic carbocycles. The Morgan fingerprint density at radius 1 is 0.641 bits per heavy atom. The van der Waals surface area contributed by atoms with Crippen molar-refractivity contribution in [2.24, 2.45) is 0 Å². The number of anilines is 2. The van der Waals surface area contributed by atoms with Crippen LogP contribution in [-0.4, -0.2) is 68.9 Å². The fraction of sp³-hybridized carbons (Fsp3) is 0.903. The van der Waals surface area contributed by atoms with E-state index in [0.717, 1.165) is 76.4 Å². The summed E-state index contributed by atoms with van der Waals surface area (Å²) in [6, 6.07) is 1.13. The maximum atomic E-state index is 5.99. The minimum Gasteiger partial charge on any atom is -0.464 e. The standard InChI is InChI=1S/C31H59N7O/c1-12-15-17-37(23-19-28(4,5)35-29(6,7)20-23)25-32-26(34-27(33-25)39-14-3)38(18-16-13-2)24-21-30(8,9)36-31(10,11)22-24/h23-24,35-36H,12-22H2,1-11H3. The largest absolute Gasteiger partial charge is 0.464 e. The van der Waals surface area contributed by atoms with Crippen LogP contribution in [0.1, 0.15) is 128 Å². The Morgan fingerprint density at radius 3 is 1.31 bits per heavy atom. The molecule has 0 unspecified atom stereocenters. The zero-order valence-electron chi connectivity index (χ0n) is 27.1. The molecule has 2 saturated heterocycles. The molecule has 1 aromatic heterocycles. The zero-order valence-corrected chi connectivity index (χ0v) is 27.1. The van der Waals surface area contributed by atoms with Gasteiger partial charge in [-0.2, -0.15) is 15.0 Å². The second-order valence-electron chi connectivity index (χ2n) is 14.7. The highest BCUT2D eigenvalue weighted by Gasteiger charge is 2.42. The fourth-order valence-corrected chi connectivity index (χ4v) is 7.31. The first kappa shape index (κ1) is 31.9. The summed E-state index contributed by atoms with van der Waals surface area (Å²) >= 11 is 0. The topological polar surface area (TPSA) is 78.4 Å². The first-order chi connectivity index (χ1) is 18.1. The van der Waals surface area contributed by atoms with E-state index in [4.69, 9.17) is 19.7 Å². The number of hydrogen-bond donors (Lipinski definition) is 2. The molecule has 0 radical (unpaired) electrons. The summed E-state index contributed by atoms with van der Waals surface area (Å²) in [4.78, 5) is 20.1. The molecule has 8 nitrogen and oxygen atoms in total. The van der Waals surface area contributed by atoms with Crippen LogP contribution in [-0.2, 0) is 0 Å². The predicted molar refractivity (Wildman–Crippen MR) is 164 cm³/mol. The third kappa shape index (κ3) is 8.91. The van der Waals surface area contributed by atoms with Crippen LogP contribution in [0.2, 0.25) is 0 Å². The van der Waals surface area contributed by atoms with Crippen molar-refractivity contribution in [3.05, 3.63) is 0 Å². The van der Waals surface area contributed by atoms with Crippen molar-refractivity contribution in [2.75, 3.05) is 29.5 Å². The van der Waals surface area contributed by atoms with E-state index in [0.29, 0.717) is 24.7 Å². The lowest BCUT2D eigenvalue weighted by atomic mass is 9.79. The second kappa shape index (κ2) is 12.5. The maximum absolute atomic E-state index is 5.99. The molecule has 0 bridgehead atoms. The van der Waals surface area contributed by atoms with E-state index in [1.54, 1.807) is 0 Å². The molecule has 0 atom stereocenters. The van der Waals surface area contributed by atoms with Crippen LogP contribution >= 0.6 is 0 Å². The fourth-order valence-electron chi connectivity index (χ4n) is 7.31. The Kier molecular flexibility index (Phi) is 10.2. The van der Waals surface area contributed by atoms with Crippen LogP contribution in [0.5, 0.6) is 6.01 Å². The van der Waals surface area contributed by atoms with E-state index in [9.17, 15) is 0 Å². The van der Waals surface area contributed by atoms with Crippen molar-refractivity contribution in [3.63, 3.8) is 0 Å². The van der Waals surface area contributed by atoms with E-state index in [1.165, 1.54) is 0 Å². The van der Waals surface area contributed by atoms with E-state index in [1.807, 2.05) is 6.92 Å². The van der Waals surface area contributed by atoms with Gasteiger partial charge in [0.15, 0.2) is 0 Å². The highest BCUT2D eigenvalue weighted by molar-refractivity contribution is 5.43. The molecule has 0 amide bonds. The van der Waals surface area contributed by atoms with Crippen molar-refractivity contribution in [1.29, 1.82) is 0 Å². The van der Waals surface area contributed by atoms with Crippen LogP contribution in [0.3, 0.4) is 0 Å². The molecule has 0 spiro atoms. The third-order valence-electron chi connectivity index (χ3n) is 8.10. The highest BCUT2D eigenvalue weighted by atomic mass is 16.5. The number of ether oxygens (including phenoxy) is 1. The van der Waals surface area contributed by atoms with Crippen LogP contribution < -0.4 is 25.2 Å². The van der Waals surface area contributed by atoms with Crippen molar-refractivity contribution in [1.82, 2.24) is 25.6 Å². The highest BCUT2D eigenvalue weighted by Crippen LogP contribution is 2.36. The van der Waals surface area contributed by atoms with Crippen LogP contribution in [0.4, 0.5) is 11.9 Å². The monoisotopic (exact) mass is 545 g/mol. The Labute approximate surface area is 239 Å². The lowest BCUT2D eigenvalue weighted by molar-refractivity contribution is 0.157. The summed E-state index contributed by atoms with van der Waals surface area (Å²) in [5.74, 6) is 1.54. The van der Waals surface area contributed by atoms with Gasteiger partial charge < -0.3 is 25.2 Å². The van der Waals surface area contributed by atoms with Gasteiger partial charge in [-0.3, -0.25) is 0 Å². The van der Waals surface area contributed by atoms with E-state index in [-0.39, 0.29) is 22.2 Å². The molecule has 1 aromatic rings. The summed E-state index contributed by atoms with van der Waals surface area (Å²) in [5.41, 5.74) is 0.146. The third-order valence-corrected chi connectivity index (χ3v) is 8.10. The second-order valence-corrected chi connectivity index (χ2v) is 14.7. The van der Waals surface area contributed by atoms with Gasteiger partial charge in [0.1, 0.15) is 0 Å². The summed E-state index contributed by atoms with van der Waals surface area (Å²) in [6.07, 6.45) is 8.64.